The Balaban J connectivity index is 1.74. The van der Waals surface area contributed by atoms with Crippen LogP contribution in [-0.2, 0) is 6.54 Å². The van der Waals surface area contributed by atoms with Crippen molar-refractivity contribution in [1.29, 1.82) is 0 Å². The second kappa shape index (κ2) is 5.02. The molecule has 0 bridgehead atoms. The zero-order valence-corrected chi connectivity index (χ0v) is 12.2. The van der Waals surface area contributed by atoms with E-state index in [4.69, 9.17) is 16.6 Å². The van der Waals surface area contributed by atoms with Crippen molar-refractivity contribution in [1.82, 2.24) is 19.8 Å². The average Bonchev–Trinajstić information content (AvgIpc) is 3.22. The fraction of sp³-hybridized carbons (Fsp3) is 0.533. The average molecular weight is 291 g/mol. The highest BCUT2D eigenvalue weighted by atomic mass is 35.5. The molecular weight excluding hydrogens is 272 g/mol. The van der Waals surface area contributed by atoms with Crippen molar-refractivity contribution in [3.05, 3.63) is 29.0 Å². The lowest BCUT2D eigenvalue weighted by Crippen LogP contribution is -2.43. The van der Waals surface area contributed by atoms with E-state index in [1.165, 1.54) is 18.7 Å². The summed E-state index contributed by atoms with van der Waals surface area (Å²) in [5, 5.41) is 4.22. The van der Waals surface area contributed by atoms with Crippen LogP contribution in [0.25, 0.3) is 11.0 Å². The summed E-state index contributed by atoms with van der Waals surface area (Å²) in [6, 6.07) is 6.64. The third kappa shape index (κ3) is 2.22. The minimum absolute atomic E-state index is 0.609. The van der Waals surface area contributed by atoms with Gasteiger partial charge in [-0.15, -0.1) is 0 Å². The number of benzene rings is 1. The molecule has 2 heterocycles. The number of fused-ring (bicyclic) bond motifs is 1. The van der Waals surface area contributed by atoms with Gasteiger partial charge in [-0.05, 0) is 25.0 Å². The number of hydrogen-bond donors (Lipinski definition) is 1. The van der Waals surface area contributed by atoms with Gasteiger partial charge in [-0.3, -0.25) is 4.90 Å². The zero-order valence-electron chi connectivity index (χ0n) is 11.5. The van der Waals surface area contributed by atoms with Crippen LogP contribution in [0.5, 0.6) is 0 Å². The fourth-order valence-electron chi connectivity index (χ4n) is 3.06. The van der Waals surface area contributed by atoms with Crippen molar-refractivity contribution >= 4 is 22.6 Å². The Morgan fingerprint density at radius 1 is 1.25 bits per heavy atom. The lowest BCUT2D eigenvalue weighted by Gasteiger charge is -2.27. The molecule has 0 spiro atoms. The summed E-state index contributed by atoms with van der Waals surface area (Å²) in [6.45, 7) is 5.28. The molecule has 1 N–H and O–H groups in total. The number of rotatable bonds is 3. The Morgan fingerprint density at radius 3 is 2.80 bits per heavy atom. The van der Waals surface area contributed by atoms with Crippen LogP contribution in [0.3, 0.4) is 0 Å². The van der Waals surface area contributed by atoms with Crippen LogP contribution in [0, 0.1) is 0 Å². The molecule has 5 heteroatoms. The highest BCUT2D eigenvalue weighted by Gasteiger charge is 2.29. The Labute approximate surface area is 123 Å². The predicted octanol–water partition coefficient (Wildman–Crippen LogP) is 2.43. The number of halogens is 1. The van der Waals surface area contributed by atoms with Crippen molar-refractivity contribution in [2.45, 2.75) is 25.4 Å². The van der Waals surface area contributed by atoms with Crippen molar-refractivity contribution in [2.24, 2.45) is 0 Å². The predicted molar refractivity (Wildman–Crippen MR) is 81.2 cm³/mol. The van der Waals surface area contributed by atoms with Gasteiger partial charge in [0.05, 0.1) is 22.6 Å². The highest BCUT2D eigenvalue weighted by molar-refractivity contribution is 6.35. The van der Waals surface area contributed by atoms with E-state index >= 15 is 0 Å². The van der Waals surface area contributed by atoms with Crippen LogP contribution >= 0.6 is 11.6 Å². The number of nitrogens with one attached hydrogen (secondary N) is 1. The molecule has 1 aliphatic carbocycles. The Hall–Kier alpha value is -1.10. The number of hydrogen-bond acceptors (Lipinski definition) is 3. The normalized spacial score (nSPS) is 20.6. The van der Waals surface area contributed by atoms with Gasteiger partial charge in [-0.1, -0.05) is 17.7 Å². The molecule has 1 saturated carbocycles. The first-order valence-electron chi connectivity index (χ1n) is 7.41. The third-order valence-corrected chi connectivity index (χ3v) is 4.53. The minimum atomic E-state index is 0.609. The van der Waals surface area contributed by atoms with Crippen LogP contribution in [0.4, 0.5) is 0 Å². The zero-order chi connectivity index (χ0) is 13.5. The van der Waals surface area contributed by atoms with Crippen molar-refractivity contribution in [3.8, 4) is 0 Å². The lowest BCUT2D eigenvalue weighted by atomic mass is 10.3. The maximum absolute atomic E-state index is 6.41. The van der Waals surface area contributed by atoms with Gasteiger partial charge in [-0.2, -0.15) is 0 Å². The summed E-state index contributed by atoms with van der Waals surface area (Å²) in [6.07, 6.45) is 2.51. The van der Waals surface area contributed by atoms with Crippen molar-refractivity contribution in [3.63, 3.8) is 0 Å². The molecule has 1 aromatic heterocycles. The van der Waals surface area contributed by atoms with E-state index in [9.17, 15) is 0 Å². The van der Waals surface area contributed by atoms with Crippen LogP contribution in [-0.4, -0.2) is 40.6 Å². The van der Waals surface area contributed by atoms with Crippen molar-refractivity contribution in [2.75, 3.05) is 26.2 Å². The molecule has 2 fully saturated rings. The number of nitrogens with zero attached hydrogens (tertiary/aromatic N) is 3. The Kier molecular flexibility index (Phi) is 3.17. The molecular formula is C15H19ClN4. The second-order valence-electron chi connectivity index (χ2n) is 5.76. The first kappa shape index (κ1) is 12.6. The van der Waals surface area contributed by atoms with E-state index in [1.807, 2.05) is 12.1 Å². The molecule has 4 rings (SSSR count). The SMILES string of the molecule is Clc1cccc2nc(CN3CCNCC3)n(C3CC3)c12. The highest BCUT2D eigenvalue weighted by Crippen LogP contribution is 2.40. The van der Waals surface area contributed by atoms with Gasteiger partial charge in [0.25, 0.3) is 0 Å². The molecule has 20 heavy (non-hydrogen) atoms. The van der Waals surface area contributed by atoms with Crippen LogP contribution < -0.4 is 5.32 Å². The van der Waals surface area contributed by atoms with Gasteiger partial charge >= 0.3 is 0 Å². The van der Waals surface area contributed by atoms with Crippen LogP contribution in [0.1, 0.15) is 24.7 Å². The minimum Gasteiger partial charge on any atom is -0.323 e. The number of piperazine rings is 1. The molecule has 2 aromatic rings. The summed E-state index contributed by atoms with van der Waals surface area (Å²) in [7, 11) is 0. The largest absolute Gasteiger partial charge is 0.323 e. The van der Waals surface area contributed by atoms with Gasteiger partial charge < -0.3 is 9.88 Å². The van der Waals surface area contributed by atoms with Gasteiger partial charge in [-0.25, -0.2) is 4.98 Å². The van der Waals surface area contributed by atoms with Gasteiger partial charge in [0, 0.05) is 32.2 Å². The summed E-state index contributed by atoms with van der Waals surface area (Å²) in [4.78, 5) is 7.32. The molecule has 0 atom stereocenters. The monoisotopic (exact) mass is 290 g/mol. The fourth-order valence-corrected chi connectivity index (χ4v) is 3.32. The van der Waals surface area contributed by atoms with E-state index in [-0.39, 0.29) is 0 Å². The first-order valence-corrected chi connectivity index (χ1v) is 7.79. The molecule has 106 valence electrons. The molecule has 0 radical (unpaired) electrons. The lowest BCUT2D eigenvalue weighted by molar-refractivity contribution is 0.225. The first-order chi connectivity index (χ1) is 9.83. The van der Waals surface area contributed by atoms with E-state index in [2.05, 4.69) is 20.9 Å². The topological polar surface area (TPSA) is 33.1 Å². The summed E-state index contributed by atoms with van der Waals surface area (Å²) >= 11 is 6.41. The van der Waals surface area contributed by atoms with E-state index in [1.54, 1.807) is 0 Å². The van der Waals surface area contributed by atoms with Crippen molar-refractivity contribution < 1.29 is 0 Å². The molecule has 1 saturated heterocycles. The molecule has 1 aliphatic heterocycles. The number of imidazole rings is 1. The number of aromatic nitrogens is 2. The summed E-state index contributed by atoms with van der Waals surface area (Å²) < 4.78 is 2.39. The molecule has 0 amide bonds. The smallest absolute Gasteiger partial charge is 0.124 e. The van der Waals surface area contributed by atoms with E-state index in [0.29, 0.717) is 6.04 Å². The number of para-hydroxylation sites is 1. The second-order valence-corrected chi connectivity index (χ2v) is 6.17. The standard InChI is InChI=1S/C15H19ClN4/c16-12-2-1-3-13-15(12)20(11-4-5-11)14(18-13)10-19-8-6-17-7-9-19/h1-3,11,17H,4-10H2. The Bertz CT molecular complexity index is 626. The Morgan fingerprint density at radius 2 is 2.05 bits per heavy atom. The van der Waals surface area contributed by atoms with Gasteiger partial charge in [0.15, 0.2) is 0 Å². The molecule has 4 nitrogen and oxygen atoms in total. The van der Waals surface area contributed by atoms with E-state index in [0.717, 1.165) is 48.8 Å². The van der Waals surface area contributed by atoms with Gasteiger partial charge in [0.1, 0.15) is 5.82 Å². The summed E-state index contributed by atoms with van der Waals surface area (Å²) in [5.41, 5.74) is 2.16. The quantitative estimate of drug-likeness (QED) is 0.942. The van der Waals surface area contributed by atoms with Crippen LogP contribution in [0.2, 0.25) is 5.02 Å². The maximum Gasteiger partial charge on any atom is 0.124 e. The van der Waals surface area contributed by atoms with E-state index < -0.39 is 0 Å². The summed E-state index contributed by atoms with van der Waals surface area (Å²) in [5.74, 6) is 1.18. The third-order valence-electron chi connectivity index (χ3n) is 4.22. The molecule has 1 aromatic carbocycles. The maximum atomic E-state index is 6.41. The van der Waals surface area contributed by atoms with Gasteiger partial charge in [0.2, 0.25) is 0 Å². The van der Waals surface area contributed by atoms with Crippen LogP contribution in [0.15, 0.2) is 18.2 Å². The molecule has 0 unspecified atom stereocenters. The molecule has 2 aliphatic rings.